The van der Waals surface area contributed by atoms with Crippen molar-refractivity contribution in [1.82, 2.24) is 0 Å². The molecule has 0 spiro atoms. The number of amides is 1. The summed E-state index contributed by atoms with van der Waals surface area (Å²) in [4.78, 5) is 12.1. The maximum Gasteiger partial charge on any atom is 0.248 e. The van der Waals surface area contributed by atoms with Crippen LogP contribution in [-0.2, 0) is 4.79 Å². The molecule has 0 atom stereocenters. The summed E-state index contributed by atoms with van der Waals surface area (Å²) in [6.07, 6.45) is 15.5. The summed E-state index contributed by atoms with van der Waals surface area (Å²) < 4.78 is 0. The first-order valence-corrected chi connectivity index (χ1v) is 10.7. The second kappa shape index (κ2) is 13.4. The molecule has 1 aromatic carbocycles. The van der Waals surface area contributed by atoms with Gasteiger partial charge in [0.05, 0.1) is 0 Å². The predicted molar refractivity (Wildman–Crippen MR) is 130 cm³/mol. The molecule has 0 radical (unpaired) electrons. The highest BCUT2D eigenvalue weighted by atomic mass is 16.3. The number of carbonyl (C=O) groups is 1. The number of rotatable bonds is 10. The van der Waals surface area contributed by atoms with E-state index >= 15 is 0 Å². The van der Waals surface area contributed by atoms with Gasteiger partial charge in [0.1, 0.15) is 5.75 Å². The Hall–Kier alpha value is -2.81. The molecule has 162 valence electrons. The lowest BCUT2D eigenvalue weighted by Crippen LogP contribution is -2.08. The maximum atomic E-state index is 12.1. The van der Waals surface area contributed by atoms with Crippen LogP contribution in [0.4, 0.5) is 5.69 Å². The van der Waals surface area contributed by atoms with Crippen LogP contribution in [0.25, 0.3) is 0 Å². The summed E-state index contributed by atoms with van der Waals surface area (Å²) in [6.45, 7) is 12.9. The highest BCUT2D eigenvalue weighted by molar-refractivity contribution is 5.99. The van der Waals surface area contributed by atoms with Gasteiger partial charge in [-0.15, -0.1) is 0 Å². The van der Waals surface area contributed by atoms with Crippen molar-refractivity contribution in [1.29, 1.82) is 0 Å². The Morgan fingerprint density at radius 1 is 1.03 bits per heavy atom. The summed E-state index contributed by atoms with van der Waals surface area (Å²) in [5.41, 5.74) is 5.56. The van der Waals surface area contributed by atoms with Crippen LogP contribution in [0.2, 0.25) is 0 Å². The van der Waals surface area contributed by atoms with Crippen molar-refractivity contribution in [2.24, 2.45) is 5.92 Å². The fourth-order valence-corrected chi connectivity index (χ4v) is 3.02. The van der Waals surface area contributed by atoms with Gasteiger partial charge in [-0.05, 0) is 74.9 Å². The number of allylic oxidation sites excluding steroid dienone is 9. The Balaban J connectivity index is 2.71. The van der Waals surface area contributed by atoms with Gasteiger partial charge < -0.3 is 10.4 Å². The molecular formula is C27H37NO2. The van der Waals surface area contributed by atoms with Crippen LogP contribution in [0.1, 0.15) is 60.8 Å². The molecular weight excluding hydrogens is 370 g/mol. The molecule has 0 saturated heterocycles. The van der Waals surface area contributed by atoms with E-state index in [4.69, 9.17) is 0 Å². The monoisotopic (exact) mass is 407 g/mol. The minimum Gasteiger partial charge on any atom is -0.508 e. The largest absolute Gasteiger partial charge is 0.508 e. The van der Waals surface area contributed by atoms with Crippen molar-refractivity contribution in [2.75, 3.05) is 5.32 Å². The highest BCUT2D eigenvalue weighted by Gasteiger charge is 2.04. The van der Waals surface area contributed by atoms with Crippen LogP contribution >= 0.6 is 0 Å². The molecule has 0 aliphatic carbocycles. The van der Waals surface area contributed by atoms with Crippen LogP contribution in [0.15, 0.2) is 83.0 Å². The third-order valence-electron chi connectivity index (χ3n) is 4.76. The van der Waals surface area contributed by atoms with Gasteiger partial charge in [-0.1, -0.05) is 68.7 Å². The Bertz CT molecular complexity index is 834. The zero-order valence-corrected chi connectivity index (χ0v) is 19.3. The van der Waals surface area contributed by atoms with Crippen molar-refractivity contribution in [3.8, 4) is 5.75 Å². The van der Waals surface area contributed by atoms with Crippen LogP contribution in [-0.4, -0.2) is 11.0 Å². The third kappa shape index (κ3) is 10.1. The van der Waals surface area contributed by atoms with E-state index < -0.39 is 0 Å². The van der Waals surface area contributed by atoms with E-state index in [-0.39, 0.29) is 11.7 Å². The lowest BCUT2D eigenvalue weighted by molar-refractivity contribution is -0.111. The topological polar surface area (TPSA) is 49.3 Å². The summed E-state index contributed by atoms with van der Waals surface area (Å²) >= 11 is 0. The number of phenolic OH excluding ortho intramolecular Hbond substituents is 1. The van der Waals surface area contributed by atoms with Crippen molar-refractivity contribution in [3.63, 3.8) is 0 Å². The fourth-order valence-electron chi connectivity index (χ4n) is 3.02. The fraction of sp³-hybridized carbons (Fsp3) is 0.370. The number of phenols is 1. The predicted octanol–water partition coefficient (Wildman–Crippen LogP) is 7.50. The van der Waals surface area contributed by atoms with Gasteiger partial charge >= 0.3 is 0 Å². The third-order valence-corrected chi connectivity index (χ3v) is 4.76. The van der Waals surface area contributed by atoms with Gasteiger partial charge in [0.2, 0.25) is 5.91 Å². The van der Waals surface area contributed by atoms with Gasteiger partial charge in [0.25, 0.3) is 0 Å². The van der Waals surface area contributed by atoms with E-state index in [1.165, 1.54) is 24.0 Å². The SMILES string of the molecule is CCCC/C(C)=C(/C=C/C(C)=C/C=C/C(C)=C/C(=O)Nc1ccc(O)cc1)C(C)C. The van der Waals surface area contributed by atoms with E-state index in [1.54, 1.807) is 30.3 Å². The number of anilines is 1. The first-order chi connectivity index (χ1) is 14.2. The molecule has 0 heterocycles. The molecule has 0 bridgehead atoms. The van der Waals surface area contributed by atoms with E-state index in [1.807, 2.05) is 25.2 Å². The number of carbonyl (C=O) groups excluding carboxylic acids is 1. The summed E-state index contributed by atoms with van der Waals surface area (Å²) in [5.74, 6) is 0.488. The minimum absolute atomic E-state index is 0.172. The van der Waals surface area contributed by atoms with E-state index in [9.17, 15) is 9.90 Å². The van der Waals surface area contributed by atoms with Gasteiger partial charge in [-0.25, -0.2) is 0 Å². The zero-order chi connectivity index (χ0) is 22.5. The Labute approximate surface area is 182 Å². The Morgan fingerprint density at radius 2 is 1.70 bits per heavy atom. The lowest BCUT2D eigenvalue weighted by Gasteiger charge is -2.12. The molecule has 30 heavy (non-hydrogen) atoms. The molecule has 0 unspecified atom stereocenters. The Morgan fingerprint density at radius 3 is 2.30 bits per heavy atom. The highest BCUT2D eigenvalue weighted by Crippen LogP contribution is 2.21. The summed E-state index contributed by atoms with van der Waals surface area (Å²) in [6, 6.07) is 6.40. The van der Waals surface area contributed by atoms with Crippen molar-refractivity contribution in [2.45, 2.75) is 60.8 Å². The normalized spacial score (nSPS) is 14.0. The molecule has 1 rings (SSSR count). The average Bonchev–Trinajstić information content (AvgIpc) is 2.67. The van der Waals surface area contributed by atoms with Crippen molar-refractivity contribution in [3.05, 3.63) is 83.0 Å². The molecule has 0 aromatic heterocycles. The maximum absolute atomic E-state index is 12.1. The molecule has 0 aliphatic heterocycles. The van der Waals surface area contributed by atoms with E-state index in [0.29, 0.717) is 11.6 Å². The molecule has 0 saturated carbocycles. The number of unbranched alkanes of at least 4 members (excludes halogenated alkanes) is 1. The summed E-state index contributed by atoms with van der Waals surface area (Å²) in [5, 5.41) is 12.1. The van der Waals surface area contributed by atoms with Crippen LogP contribution in [0.5, 0.6) is 5.75 Å². The van der Waals surface area contributed by atoms with Crippen molar-refractivity contribution >= 4 is 11.6 Å². The van der Waals surface area contributed by atoms with E-state index in [0.717, 1.165) is 17.6 Å². The molecule has 0 fully saturated rings. The van der Waals surface area contributed by atoms with Crippen LogP contribution in [0.3, 0.4) is 0 Å². The smallest absolute Gasteiger partial charge is 0.248 e. The number of nitrogens with one attached hydrogen (secondary N) is 1. The second-order valence-corrected chi connectivity index (χ2v) is 8.02. The minimum atomic E-state index is -0.197. The zero-order valence-electron chi connectivity index (χ0n) is 19.3. The molecule has 3 heteroatoms. The second-order valence-electron chi connectivity index (χ2n) is 8.02. The number of aromatic hydroxyl groups is 1. The first kappa shape index (κ1) is 25.2. The quantitative estimate of drug-likeness (QED) is 0.240. The molecule has 3 nitrogen and oxygen atoms in total. The Kier molecular flexibility index (Phi) is 11.3. The average molecular weight is 408 g/mol. The number of hydrogen-bond acceptors (Lipinski definition) is 2. The summed E-state index contributed by atoms with van der Waals surface area (Å²) in [7, 11) is 0. The van der Waals surface area contributed by atoms with Crippen LogP contribution < -0.4 is 5.32 Å². The molecule has 1 aromatic rings. The van der Waals surface area contributed by atoms with Gasteiger partial charge in [-0.3, -0.25) is 4.79 Å². The van der Waals surface area contributed by atoms with E-state index in [2.05, 4.69) is 52.1 Å². The number of hydrogen-bond donors (Lipinski definition) is 2. The lowest BCUT2D eigenvalue weighted by atomic mass is 9.94. The van der Waals surface area contributed by atoms with Crippen LogP contribution in [0, 0.1) is 5.92 Å². The standard InChI is InChI=1S/C27H37NO2/c1-7-8-12-23(6)26(20(2)3)18-13-21(4)10-9-11-22(5)19-27(30)28-24-14-16-25(29)17-15-24/h9-11,13-20,29H,7-8,12H2,1-6H3,(H,28,30)/b11-9+,18-13+,21-10+,22-19+,26-23-. The van der Waals surface area contributed by atoms with Gasteiger partial charge in [-0.2, -0.15) is 0 Å². The molecule has 2 N–H and O–H groups in total. The first-order valence-electron chi connectivity index (χ1n) is 10.7. The molecule has 1 amide bonds. The number of benzene rings is 1. The molecule has 0 aliphatic rings. The van der Waals surface area contributed by atoms with Gasteiger partial charge in [0, 0.05) is 11.8 Å². The van der Waals surface area contributed by atoms with Crippen molar-refractivity contribution < 1.29 is 9.90 Å². The van der Waals surface area contributed by atoms with Gasteiger partial charge in [0.15, 0.2) is 0 Å².